The molecule has 1 heterocycles. The fourth-order valence-electron chi connectivity index (χ4n) is 1.70. The maximum atomic E-state index is 11.4. The summed E-state index contributed by atoms with van der Waals surface area (Å²) < 4.78 is 5.51. The van der Waals surface area contributed by atoms with E-state index in [4.69, 9.17) is 4.74 Å². The zero-order valence-corrected chi connectivity index (χ0v) is 8.55. The molecule has 1 aliphatic heterocycles. The Hall–Kier alpha value is -0.370. The zero-order chi connectivity index (χ0) is 9.52. The summed E-state index contributed by atoms with van der Waals surface area (Å²) in [4.78, 5) is 11.4. The molecule has 0 N–H and O–H groups in total. The van der Waals surface area contributed by atoms with Crippen LogP contribution in [-0.2, 0) is 9.53 Å². The fourth-order valence-corrected chi connectivity index (χ4v) is 1.70. The number of hydrogen-bond acceptors (Lipinski definition) is 2. The monoisotopic (exact) mass is 184 g/mol. The largest absolute Gasteiger partial charge is 0.378 e. The molecule has 13 heavy (non-hydrogen) atoms. The first-order valence-corrected chi connectivity index (χ1v) is 5.46. The van der Waals surface area contributed by atoms with Gasteiger partial charge in [0.05, 0.1) is 6.10 Å². The van der Waals surface area contributed by atoms with Crippen molar-refractivity contribution in [3.8, 4) is 0 Å². The predicted octanol–water partition coefficient (Wildman–Crippen LogP) is 2.70. The minimum absolute atomic E-state index is 0.234. The highest BCUT2D eigenvalue weighted by atomic mass is 16.5. The van der Waals surface area contributed by atoms with E-state index in [1.807, 2.05) is 0 Å². The first kappa shape index (κ1) is 10.7. The number of ether oxygens (including phenoxy) is 1. The molecule has 0 radical (unpaired) electrons. The van der Waals surface area contributed by atoms with E-state index >= 15 is 0 Å². The normalized spacial score (nSPS) is 23.0. The smallest absolute Gasteiger partial charge is 0.135 e. The molecule has 0 aromatic heterocycles. The Morgan fingerprint density at radius 3 is 2.92 bits per heavy atom. The number of Topliss-reactive ketones (excluding diaryl/α,β-unsaturated/α-hetero) is 1. The van der Waals surface area contributed by atoms with Crippen molar-refractivity contribution < 1.29 is 9.53 Å². The quantitative estimate of drug-likeness (QED) is 0.656. The molecular weight excluding hydrogens is 164 g/mol. The summed E-state index contributed by atoms with van der Waals surface area (Å²) in [6, 6.07) is 0. The molecule has 0 unspecified atom stereocenters. The number of hydrogen-bond donors (Lipinski definition) is 0. The molecule has 1 saturated heterocycles. The van der Waals surface area contributed by atoms with Crippen LogP contribution in [0.25, 0.3) is 0 Å². The van der Waals surface area contributed by atoms with Gasteiger partial charge >= 0.3 is 0 Å². The summed E-state index contributed by atoms with van der Waals surface area (Å²) >= 11 is 0. The van der Waals surface area contributed by atoms with Gasteiger partial charge in [-0.05, 0) is 25.7 Å². The van der Waals surface area contributed by atoms with Gasteiger partial charge in [-0.1, -0.05) is 13.3 Å². The van der Waals surface area contributed by atoms with E-state index in [0.29, 0.717) is 12.2 Å². The molecule has 0 aromatic rings. The van der Waals surface area contributed by atoms with Crippen molar-refractivity contribution in [1.82, 2.24) is 0 Å². The first-order chi connectivity index (χ1) is 6.33. The molecule has 2 nitrogen and oxygen atoms in total. The minimum Gasteiger partial charge on any atom is -0.378 e. The van der Waals surface area contributed by atoms with Crippen LogP contribution in [-0.4, -0.2) is 18.5 Å². The Bertz CT molecular complexity index is 148. The Labute approximate surface area is 80.7 Å². The topological polar surface area (TPSA) is 26.3 Å². The van der Waals surface area contributed by atoms with Crippen LogP contribution in [0.15, 0.2) is 0 Å². The average molecular weight is 184 g/mol. The van der Waals surface area contributed by atoms with Gasteiger partial charge in [0.25, 0.3) is 0 Å². The second-order valence-corrected chi connectivity index (χ2v) is 3.83. The van der Waals surface area contributed by atoms with Gasteiger partial charge in [0.2, 0.25) is 0 Å². The maximum absolute atomic E-state index is 11.4. The van der Waals surface area contributed by atoms with Gasteiger partial charge in [-0.2, -0.15) is 0 Å². The second-order valence-electron chi connectivity index (χ2n) is 3.83. The molecule has 1 rings (SSSR count). The van der Waals surface area contributed by atoms with Gasteiger partial charge in [0.15, 0.2) is 0 Å². The summed E-state index contributed by atoms with van der Waals surface area (Å²) in [5.74, 6) is 0.383. The van der Waals surface area contributed by atoms with Crippen LogP contribution in [0.2, 0.25) is 0 Å². The van der Waals surface area contributed by atoms with Crippen LogP contribution in [0, 0.1) is 0 Å². The lowest BCUT2D eigenvalue weighted by Gasteiger charge is -2.21. The van der Waals surface area contributed by atoms with Crippen LogP contribution in [0.3, 0.4) is 0 Å². The Morgan fingerprint density at radius 2 is 2.31 bits per heavy atom. The molecular formula is C11H20O2. The van der Waals surface area contributed by atoms with E-state index in [1.165, 1.54) is 12.8 Å². The molecule has 0 aromatic carbocycles. The number of ketones is 1. The number of carbonyl (C=O) groups excluding carboxylic acids is 1. The van der Waals surface area contributed by atoms with E-state index in [9.17, 15) is 4.79 Å². The standard InChI is InChI=1S/C11H20O2/c1-2-3-6-10(12)9-11-7-4-5-8-13-11/h11H,2-9H2,1H3/t11-/m1/s1. The number of carbonyl (C=O) groups is 1. The van der Waals surface area contributed by atoms with E-state index in [2.05, 4.69) is 6.92 Å². The van der Waals surface area contributed by atoms with Crippen molar-refractivity contribution in [3.63, 3.8) is 0 Å². The highest BCUT2D eigenvalue weighted by molar-refractivity contribution is 5.78. The molecule has 1 aliphatic rings. The third-order valence-corrected chi connectivity index (χ3v) is 2.54. The predicted molar refractivity (Wildman–Crippen MR) is 52.7 cm³/mol. The van der Waals surface area contributed by atoms with E-state index < -0.39 is 0 Å². The Balaban J connectivity index is 2.11. The van der Waals surface area contributed by atoms with Crippen molar-refractivity contribution in [2.45, 2.75) is 58.0 Å². The zero-order valence-electron chi connectivity index (χ0n) is 8.55. The fraction of sp³-hybridized carbons (Fsp3) is 0.909. The van der Waals surface area contributed by atoms with E-state index in [-0.39, 0.29) is 6.10 Å². The highest BCUT2D eigenvalue weighted by Crippen LogP contribution is 2.16. The minimum atomic E-state index is 0.234. The van der Waals surface area contributed by atoms with Gasteiger partial charge in [-0.15, -0.1) is 0 Å². The van der Waals surface area contributed by atoms with Crippen LogP contribution in [0.1, 0.15) is 51.9 Å². The van der Waals surface area contributed by atoms with Crippen LogP contribution in [0.5, 0.6) is 0 Å². The van der Waals surface area contributed by atoms with Crippen LogP contribution in [0.4, 0.5) is 0 Å². The van der Waals surface area contributed by atoms with Gasteiger partial charge in [-0.25, -0.2) is 0 Å². The molecule has 76 valence electrons. The van der Waals surface area contributed by atoms with Gasteiger partial charge in [0.1, 0.15) is 5.78 Å². The Morgan fingerprint density at radius 1 is 1.46 bits per heavy atom. The van der Waals surface area contributed by atoms with Crippen molar-refractivity contribution in [3.05, 3.63) is 0 Å². The summed E-state index contributed by atoms with van der Waals surface area (Å²) in [6.45, 7) is 2.97. The lowest BCUT2D eigenvalue weighted by molar-refractivity contribution is -0.122. The van der Waals surface area contributed by atoms with Gasteiger partial charge < -0.3 is 4.74 Å². The molecule has 0 bridgehead atoms. The summed E-state index contributed by atoms with van der Waals surface area (Å²) in [5.41, 5.74) is 0. The summed E-state index contributed by atoms with van der Waals surface area (Å²) in [6.07, 6.45) is 7.25. The second kappa shape index (κ2) is 6.14. The SMILES string of the molecule is CCCCC(=O)C[C@H]1CCCCO1. The van der Waals surface area contributed by atoms with Crippen molar-refractivity contribution in [1.29, 1.82) is 0 Å². The molecule has 1 fully saturated rings. The summed E-state index contributed by atoms with van der Waals surface area (Å²) in [5, 5.41) is 0. The molecule has 0 saturated carbocycles. The molecule has 0 amide bonds. The van der Waals surface area contributed by atoms with Crippen molar-refractivity contribution in [2.24, 2.45) is 0 Å². The molecule has 0 spiro atoms. The van der Waals surface area contributed by atoms with Crippen molar-refractivity contribution in [2.75, 3.05) is 6.61 Å². The highest BCUT2D eigenvalue weighted by Gasteiger charge is 2.16. The molecule has 1 atom stereocenters. The van der Waals surface area contributed by atoms with Crippen LogP contribution < -0.4 is 0 Å². The Kier molecular flexibility index (Phi) is 5.06. The molecule has 2 heteroatoms. The average Bonchev–Trinajstić information content (AvgIpc) is 2.16. The third kappa shape index (κ3) is 4.41. The lowest BCUT2D eigenvalue weighted by atomic mass is 10.0. The van der Waals surface area contributed by atoms with Gasteiger partial charge in [0, 0.05) is 19.4 Å². The first-order valence-electron chi connectivity index (χ1n) is 5.46. The number of unbranched alkanes of at least 4 members (excludes halogenated alkanes) is 1. The van der Waals surface area contributed by atoms with E-state index in [1.54, 1.807) is 0 Å². The summed E-state index contributed by atoms with van der Waals surface area (Å²) in [7, 11) is 0. The van der Waals surface area contributed by atoms with Gasteiger partial charge in [-0.3, -0.25) is 4.79 Å². The van der Waals surface area contributed by atoms with Crippen LogP contribution >= 0.6 is 0 Å². The molecule has 0 aliphatic carbocycles. The van der Waals surface area contributed by atoms with E-state index in [0.717, 1.165) is 32.3 Å². The third-order valence-electron chi connectivity index (χ3n) is 2.54. The van der Waals surface area contributed by atoms with Crippen molar-refractivity contribution >= 4 is 5.78 Å². The number of rotatable bonds is 5. The lowest BCUT2D eigenvalue weighted by Crippen LogP contribution is -2.22. The maximum Gasteiger partial charge on any atom is 0.135 e.